The molecule has 2 rings (SSSR count). The Morgan fingerprint density at radius 2 is 1.93 bits per heavy atom. The number of hydrogen-bond donors (Lipinski definition) is 3. The van der Waals surface area contributed by atoms with E-state index in [1.165, 1.54) is 12.0 Å². The second-order valence-electron chi connectivity index (χ2n) is 6.92. The topological polar surface area (TPSA) is 82.6 Å². The maximum absolute atomic E-state index is 12.1. The van der Waals surface area contributed by atoms with E-state index in [0.717, 1.165) is 19.4 Å². The lowest BCUT2D eigenvalue weighted by Crippen LogP contribution is -2.42. The quantitative estimate of drug-likeness (QED) is 0.258. The molecule has 1 saturated carbocycles. The minimum atomic E-state index is -3.23. The Kier molecular flexibility index (Phi) is 11.2. The number of nitrogens with one attached hydrogen (secondary N) is 3. The molecule has 0 bridgehead atoms. The van der Waals surface area contributed by atoms with Crippen molar-refractivity contribution in [2.24, 2.45) is 10.9 Å². The van der Waals surface area contributed by atoms with Gasteiger partial charge in [-0.25, -0.2) is 13.1 Å². The van der Waals surface area contributed by atoms with Crippen LogP contribution in [0.3, 0.4) is 0 Å². The number of aliphatic imine (C=N–C) groups is 1. The van der Waals surface area contributed by atoms with E-state index in [1.807, 2.05) is 25.1 Å². The summed E-state index contributed by atoms with van der Waals surface area (Å²) in [5, 5.41) is 6.29. The number of rotatable bonds is 10. The third kappa shape index (κ3) is 9.25. The zero-order chi connectivity index (χ0) is 18.8. The van der Waals surface area contributed by atoms with Crippen LogP contribution >= 0.6 is 24.0 Å². The second kappa shape index (κ2) is 12.6. The fourth-order valence-electron chi connectivity index (χ4n) is 2.77. The van der Waals surface area contributed by atoms with Crippen LogP contribution in [0, 0.1) is 5.92 Å². The monoisotopic (exact) mass is 508 g/mol. The molecule has 0 radical (unpaired) electrons. The molecule has 1 fully saturated rings. The van der Waals surface area contributed by atoms with Gasteiger partial charge in [0, 0.05) is 32.1 Å². The Hall–Kier alpha value is -0.870. The van der Waals surface area contributed by atoms with Crippen molar-refractivity contribution in [2.45, 2.75) is 39.0 Å². The van der Waals surface area contributed by atoms with E-state index >= 15 is 0 Å². The van der Waals surface area contributed by atoms with Crippen molar-refractivity contribution < 1.29 is 8.42 Å². The highest BCUT2D eigenvalue weighted by Gasteiger charge is 2.20. The molecule has 0 spiro atoms. The zero-order valence-corrected chi connectivity index (χ0v) is 19.4. The van der Waals surface area contributed by atoms with Crippen molar-refractivity contribution in [2.75, 3.05) is 31.9 Å². The highest BCUT2D eigenvalue weighted by Crippen LogP contribution is 2.25. The molecule has 1 unspecified atom stereocenters. The Labute approximate surface area is 181 Å². The number of hydrogen-bond acceptors (Lipinski definition) is 3. The van der Waals surface area contributed by atoms with Crippen LogP contribution in [0.1, 0.15) is 44.6 Å². The summed E-state index contributed by atoms with van der Waals surface area (Å²) in [5.74, 6) is 1.54. The largest absolute Gasteiger partial charge is 0.357 e. The molecule has 27 heavy (non-hydrogen) atoms. The minimum Gasteiger partial charge on any atom is -0.357 e. The van der Waals surface area contributed by atoms with E-state index in [4.69, 9.17) is 0 Å². The number of sulfonamides is 1. The average molecular weight is 508 g/mol. The number of guanidine groups is 1. The van der Waals surface area contributed by atoms with Gasteiger partial charge in [0.15, 0.2) is 5.96 Å². The van der Waals surface area contributed by atoms with Crippen LogP contribution < -0.4 is 15.4 Å². The van der Waals surface area contributed by atoms with Crippen LogP contribution in [-0.4, -0.2) is 46.3 Å². The normalized spacial score (nSPS) is 16.1. The van der Waals surface area contributed by atoms with E-state index in [9.17, 15) is 8.42 Å². The molecule has 3 N–H and O–H groups in total. The van der Waals surface area contributed by atoms with Crippen molar-refractivity contribution >= 4 is 40.0 Å². The van der Waals surface area contributed by atoms with Crippen molar-refractivity contribution in [1.29, 1.82) is 0 Å². The van der Waals surface area contributed by atoms with Gasteiger partial charge in [-0.15, -0.1) is 24.0 Å². The molecule has 1 aromatic rings. The lowest BCUT2D eigenvalue weighted by molar-refractivity contribution is 0.316. The van der Waals surface area contributed by atoms with Crippen LogP contribution in [0.5, 0.6) is 0 Å². The summed E-state index contributed by atoms with van der Waals surface area (Å²) in [6, 6.07) is 10.3. The smallest absolute Gasteiger partial charge is 0.213 e. The molecular weight excluding hydrogens is 475 g/mol. The standard InChI is InChI=1S/C19H32N4O2S.HI/c1-3-20-19(22-14-16(2)18-10-5-4-6-11-18)21-12-13-26(24,25)23-15-17-8-7-9-17;/h4-6,10-11,16-17,23H,3,7-9,12-15H2,1-2H3,(H2,20,21,22);1H. The average Bonchev–Trinajstić information content (AvgIpc) is 2.58. The van der Waals surface area contributed by atoms with Crippen molar-refractivity contribution in [3.63, 3.8) is 0 Å². The van der Waals surface area contributed by atoms with Gasteiger partial charge in [-0.1, -0.05) is 43.7 Å². The lowest BCUT2D eigenvalue weighted by Gasteiger charge is -2.25. The zero-order valence-electron chi connectivity index (χ0n) is 16.3. The van der Waals surface area contributed by atoms with Gasteiger partial charge in [-0.05, 0) is 31.2 Å². The Morgan fingerprint density at radius 3 is 2.52 bits per heavy atom. The first-order chi connectivity index (χ1) is 12.5. The SMILES string of the molecule is CCNC(=NCC(C)c1ccccc1)NCCS(=O)(=O)NCC1CCC1.I. The summed E-state index contributed by atoms with van der Waals surface area (Å²) in [6.07, 6.45) is 3.49. The van der Waals surface area contributed by atoms with E-state index in [2.05, 4.69) is 39.4 Å². The van der Waals surface area contributed by atoms with Gasteiger partial charge < -0.3 is 10.6 Å². The molecule has 0 aliphatic heterocycles. The van der Waals surface area contributed by atoms with E-state index in [-0.39, 0.29) is 29.7 Å². The first kappa shape index (κ1) is 24.2. The molecule has 1 aliphatic carbocycles. The van der Waals surface area contributed by atoms with Gasteiger partial charge in [-0.3, -0.25) is 4.99 Å². The van der Waals surface area contributed by atoms with Gasteiger partial charge in [0.05, 0.1) is 5.75 Å². The highest BCUT2D eigenvalue weighted by atomic mass is 127. The molecule has 8 heteroatoms. The van der Waals surface area contributed by atoms with E-state index in [0.29, 0.717) is 37.4 Å². The summed E-state index contributed by atoms with van der Waals surface area (Å²) in [7, 11) is -3.23. The highest BCUT2D eigenvalue weighted by molar-refractivity contribution is 14.0. The first-order valence-corrected chi connectivity index (χ1v) is 11.2. The summed E-state index contributed by atoms with van der Waals surface area (Å²) in [6.45, 7) is 6.42. The van der Waals surface area contributed by atoms with Gasteiger partial charge in [-0.2, -0.15) is 0 Å². The maximum atomic E-state index is 12.1. The van der Waals surface area contributed by atoms with Crippen LogP contribution in [0.4, 0.5) is 0 Å². The Bertz CT molecular complexity index is 664. The second-order valence-corrected chi connectivity index (χ2v) is 8.85. The van der Waals surface area contributed by atoms with Crippen molar-refractivity contribution in [1.82, 2.24) is 15.4 Å². The molecule has 0 saturated heterocycles. The third-order valence-electron chi connectivity index (χ3n) is 4.72. The summed E-state index contributed by atoms with van der Waals surface area (Å²) in [5.41, 5.74) is 1.25. The Morgan fingerprint density at radius 1 is 1.22 bits per heavy atom. The van der Waals surface area contributed by atoms with Crippen molar-refractivity contribution in [3.8, 4) is 0 Å². The third-order valence-corrected chi connectivity index (χ3v) is 6.06. The van der Waals surface area contributed by atoms with Gasteiger partial charge in [0.2, 0.25) is 10.0 Å². The van der Waals surface area contributed by atoms with Gasteiger partial charge in [0.25, 0.3) is 0 Å². The van der Waals surface area contributed by atoms with Crippen LogP contribution in [0.2, 0.25) is 0 Å². The van der Waals surface area contributed by atoms with E-state index in [1.54, 1.807) is 0 Å². The molecule has 1 aliphatic rings. The molecule has 0 heterocycles. The van der Waals surface area contributed by atoms with Gasteiger partial charge in [0.1, 0.15) is 0 Å². The van der Waals surface area contributed by atoms with E-state index < -0.39 is 10.0 Å². The fraction of sp³-hybridized carbons (Fsp3) is 0.632. The summed E-state index contributed by atoms with van der Waals surface area (Å²) >= 11 is 0. The maximum Gasteiger partial charge on any atom is 0.213 e. The number of halogens is 1. The van der Waals surface area contributed by atoms with Crippen molar-refractivity contribution in [3.05, 3.63) is 35.9 Å². The van der Waals surface area contributed by atoms with Gasteiger partial charge >= 0.3 is 0 Å². The lowest BCUT2D eigenvalue weighted by atomic mass is 9.86. The number of nitrogens with zero attached hydrogens (tertiary/aromatic N) is 1. The first-order valence-electron chi connectivity index (χ1n) is 9.54. The van der Waals surface area contributed by atoms with Crippen LogP contribution in [-0.2, 0) is 10.0 Å². The molecular formula is C19H33IN4O2S. The summed E-state index contributed by atoms with van der Waals surface area (Å²) < 4.78 is 26.8. The minimum absolute atomic E-state index is 0. The fourth-order valence-corrected chi connectivity index (χ4v) is 3.78. The van der Waals surface area contributed by atoms with Crippen LogP contribution in [0.25, 0.3) is 0 Å². The molecule has 154 valence electrons. The van der Waals surface area contributed by atoms with Crippen LogP contribution in [0.15, 0.2) is 35.3 Å². The summed E-state index contributed by atoms with van der Waals surface area (Å²) in [4.78, 5) is 4.59. The number of benzene rings is 1. The molecule has 1 aromatic carbocycles. The molecule has 6 nitrogen and oxygen atoms in total. The molecule has 0 aromatic heterocycles. The molecule has 0 amide bonds. The predicted molar refractivity (Wildman–Crippen MR) is 123 cm³/mol. The molecule has 1 atom stereocenters. The predicted octanol–water partition coefficient (Wildman–Crippen LogP) is 2.68. The Balaban J connectivity index is 0.00000364.